The van der Waals surface area contributed by atoms with Gasteiger partial charge in [0.25, 0.3) is 0 Å². The third-order valence-corrected chi connectivity index (χ3v) is 5.19. The van der Waals surface area contributed by atoms with E-state index in [1.54, 1.807) is 12.4 Å². The number of carbonyl (C=O) groups excluding carboxylic acids is 1. The third-order valence-electron chi connectivity index (χ3n) is 5.19. The molecule has 0 saturated carbocycles. The summed E-state index contributed by atoms with van der Waals surface area (Å²) in [6.07, 6.45) is 8.17. The molecule has 7 nitrogen and oxygen atoms in total. The van der Waals surface area contributed by atoms with Gasteiger partial charge in [-0.1, -0.05) is 0 Å². The van der Waals surface area contributed by atoms with Crippen molar-refractivity contribution in [2.75, 3.05) is 19.8 Å². The average molecular weight is 357 g/mol. The molecule has 0 N–H and O–H groups in total. The maximum absolute atomic E-state index is 12.8. The molecule has 1 saturated heterocycles. The van der Waals surface area contributed by atoms with Crippen molar-refractivity contribution in [3.05, 3.63) is 41.2 Å². The van der Waals surface area contributed by atoms with E-state index < -0.39 is 0 Å². The fourth-order valence-corrected chi connectivity index (χ4v) is 3.38. The Balaban J connectivity index is 1.58. The van der Waals surface area contributed by atoms with E-state index in [1.165, 1.54) is 0 Å². The second-order valence-corrected chi connectivity index (χ2v) is 6.82. The first-order valence-electron chi connectivity index (χ1n) is 9.17. The highest BCUT2D eigenvalue weighted by atomic mass is 16.5. The van der Waals surface area contributed by atoms with Crippen molar-refractivity contribution < 1.29 is 9.53 Å². The maximum Gasteiger partial charge on any atom is 0.223 e. The summed E-state index contributed by atoms with van der Waals surface area (Å²) in [4.78, 5) is 23.5. The summed E-state index contributed by atoms with van der Waals surface area (Å²) in [6.45, 7) is 5.87. The first-order chi connectivity index (χ1) is 12.6. The van der Waals surface area contributed by atoms with Gasteiger partial charge in [0.2, 0.25) is 5.91 Å². The molecule has 0 aromatic carbocycles. The normalized spacial score (nSPS) is 17.5. The van der Waals surface area contributed by atoms with Crippen LogP contribution in [0.5, 0.6) is 0 Å². The fraction of sp³-hybridized carbons (Fsp3) is 0.579. The lowest BCUT2D eigenvalue weighted by Crippen LogP contribution is -2.49. The molecule has 1 aliphatic heterocycles. The molecule has 0 unspecified atom stereocenters. The number of hydrogen-bond donors (Lipinski definition) is 0. The van der Waals surface area contributed by atoms with Crippen LogP contribution in [0.2, 0.25) is 0 Å². The highest BCUT2D eigenvalue weighted by Crippen LogP contribution is 2.17. The zero-order chi connectivity index (χ0) is 18.5. The molecule has 3 rings (SSSR count). The quantitative estimate of drug-likeness (QED) is 0.785. The van der Waals surface area contributed by atoms with Gasteiger partial charge in [0.1, 0.15) is 0 Å². The van der Waals surface area contributed by atoms with Crippen LogP contribution in [-0.2, 0) is 29.4 Å². The molecule has 7 heteroatoms. The lowest BCUT2D eigenvalue weighted by Gasteiger charge is -2.36. The molecule has 2 aromatic heterocycles. The highest BCUT2D eigenvalue weighted by Gasteiger charge is 2.27. The number of morpholine rings is 1. The number of carbonyl (C=O) groups is 1. The van der Waals surface area contributed by atoms with Crippen LogP contribution in [0, 0.1) is 13.8 Å². The Morgan fingerprint density at radius 1 is 1.27 bits per heavy atom. The van der Waals surface area contributed by atoms with E-state index in [-0.39, 0.29) is 11.9 Å². The highest BCUT2D eigenvalue weighted by molar-refractivity contribution is 5.77. The molecule has 1 fully saturated rings. The lowest BCUT2D eigenvalue weighted by atomic mass is 10.0. The molecular weight excluding hydrogens is 330 g/mol. The topological polar surface area (TPSA) is 73.1 Å². The van der Waals surface area contributed by atoms with Gasteiger partial charge >= 0.3 is 0 Å². The van der Waals surface area contributed by atoms with Gasteiger partial charge in [0.05, 0.1) is 36.8 Å². The van der Waals surface area contributed by atoms with E-state index in [2.05, 4.69) is 15.1 Å². The van der Waals surface area contributed by atoms with Crippen molar-refractivity contribution in [1.29, 1.82) is 0 Å². The molecule has 1 atom stereocenters. The second kappa shape index (κ2) is 8.40. The number of amides is 1. The molecule has 1 amide bonds. The molecule has 26 heavy (non-hydrogen) atoms. The molecule has 0 bridgehead atoms. The fourth-order valence-electron chi connectivity index (χ4n) is 3.38. The molecular formula is C19H27N5O2. The van der Waals surface area contributed by atoms with Gasteiger partial charge in [0.15, 0.2) is 0 Å². The number of aryl methyl sites for hydroxylation is 4. The first kappa shape index (κ1) is 18.5. The summed E-state index contributed by atoms with van der Waals surface area (Å²) < 4.78 is 7.47. The van der Waals surface area contributed by atoms with Gasteiger partial charge in [0, 0.05) is 38.1 Å². The smallest absolute Gasteiger partial charge is 0.223 e. The van der Waals surface area contributed by atoms with Gasteiger partial charge in [-0.25, -0.2) is 0 Å². The summed E-state index contributed by atoms with van der Waals surface area (Å²) in [5, 5.41) is 4.25. The van der Waals surface area contributed by atoms with Gasteiger partial charge in [-0.3, -0.25) is 19.4 Å². The predicted octanol–water partition coefficient (Wildman–Crippen LogP) is 1.62. The largest absolute Gasteiger partial charge is 0.377 e. The molecule has 140 valence electrons. The first-order valence-corrected chi connectivity index (χ1v) is 9.17. The van der Waals surface area contributed by atoms with E-state index >= 15 is 0 Å². The van der Waals surface area contributed by atoms with Crippen LogP contribution in [-0.4, -0.2) is 56.4 Å². The molecule has 1 aliphatic rings. The van der Waals surface area contributed by atoms with Crippen LogP contribution in [0.4, 0.5) is 0 Å². The lowest BCUT2D eigenvalue weighted by molar-refractivity contribution is -0.140. The van der Waals surface area contributed by atoms with Gasteiger partial charge in [-0.2, -0.15) is 5.10 Å². The van der Waals surface area contributed by atoms with Crippen molar-refractivity contribution in [1.82, 2.24) is 24.6 Å². The number of hydrogen-bond acceptors (Lipinski definition) is 5. The van der Waals surface area contributed by atoms with E-state index in [0.717, 1.165) is 41.9 Å². The van der Waals surface area contributed by atoms with Crippen molar-refractivity contribution in [3.63, 3.8) is 0 Å². The SMILES string of the molecule is Cc1nccnc1CC[C@H]1COCCN1C(=O)CCc1cnn(C)c1C. The van der Waals surface area contributed by atoms with Crippen LogP contribution in [0.3, 0.4) is 0 Å². The standard InChI is InChI=1S/C19H27N5O2/c1-14-18(21-9-8-20-14)6-5-17-13-26-11-10-24(17)19(25)7-4-16-12-22-23(3)15(16)2/h8-9,12,17H,4-7,10-11,13H2,1-3H3/t17-/m0/s1. The second-order valence-electron chi connectivity index (χ2n) is 6.82. The Morgan fingerprint density at radius 2 is 2.08 bits per heavy atom. The predicted molar refractivity (Wildman–Crippen MR) is 97.7 cm³/mol. The number of rotatable bonds is 6. The minimum atomic E-state index is 0.104. The van der Waals surface area contributed by atoms with E-state index in [9.17, 15) is 4.79 Å². The Morgan fingerprint density at radius 3 is 2.81 bits per heavy atom. The number of ether oxygens (including phenoxy) is 1. The number of aromatic nitrogens is 4. The minimum Gasteiger partial charge on any atom is -0.377 e. The third kappa shape index (κ3) is 4.27. The zero-order valence-corrected chi connectivity index (χ0v) is 15.8. The summed E-state index contributed by atoms with van der Waals surface area (Å²) >= 11 is 0. The Bertz CT molecular complexity index is 758. The Labute approximate surface area is 154 Å². The molecule has 0 aliphatic carbocycles. The van der Waals surface area contributed by atoms with Gasteiger partial charge < -0.3 is 9.64 Å². The average Bonchev–Trinajstić information content (AvgIpc) is 2.98. The van der Waals surface area contributed by atoms with Gasteiger partial charge in [-0.05, 0) is 38.7 Å². The van der Waals surface area contributed by atoms with Crippen LogP contribution < -0.4 is 0 Å². The Kier molecular flexibility index (Phi) is 5.98. The van der Waals surface area contributed by atoms with Crippen molar-refractivity contribution in [2.45, 2.75) is 45.6 Å². The van der Waals surface area contributed by atoms with Crippen molar-refractivity contribution >= 4 is 5.91 Å². The van der Waals surface area contributed by atoms with Crippen molar-refractivity contribution in [3.8, 4) is 0 Å². The Hall–Kier alpha value is -2.28. The van der Waals surface area contributed by atoms with Crippen molar-refractivity contribution in [2.24, 2.45) is 7.05 Å². The molecule has 3 heterocycles. The van der Waals surface area contributed by atoms with Crippen LogP contribution in [0.25, 0.3) is 0 Å². The monoisotopic (exact) mass is 357 g/mol. The molecule has 0 radical (unpaired) electrons. The summed E-state index contributed by atoms with van der Waals surface area (Å²) in [7, 11) is 1.92. The van der Waals surface area contributed by atoms with E-state index in [0.29, 0.717) is 26.2 Å². The maximum atomic E-state index is 12.8. The minimum absolute atomic E-state index is 0.104. The van der Waals surface area contributed by atoms with E-state index in [4.69, 9.17) is 4.74 Å². The van der Waals surface area contributed by atoms with E-state index in [1.807, 2.05) is 36.7 Å². The summed E-state index contributed by atoms with van der Waals surface area (Å²) in [5.41, 5.74) is 4.21. The number of nitrogens with zero attached hydrogens (tertiary/aromatic N) is 5. The summed E-state index contributed by atoms with van der Waals surface area (Å²) in [6, 6.07) is 0.104. The van der Waals surface area contributed by atoms with Crippen LogP contribution in [0.1, 0.15) is 35.5 Å². The van der Waals surface area contributed by atoms with Crippen LogP contribution >= 0.6 is 0 Å². The molecule has 2 aromatic rings. The molecule has 0 spiro atoms. The summed E-state index contributed by atoms with van der Waals surface area (Å²) in [5.74, 6) is 0.192. The van der Waals surface area contributed by atoms with Crippen LogP contribution in [0.15, 0.2) is 18.6 Å². The zero-order valence-electron chi connectivity index (χ0n) is 15.8. The van der Waals surface area contributed by atoms with Gasteiger partial charge in [-0.15, -0.1) is 0 Å².